The third-order valence-corrected chi connectivity index (χ3v) is 4.18. The first-order chi connectivity index (χ1) is 12.0. The van der Waals surface area contributed by atoms with Crippen LogP contribution in [0.15, 0.2) is 24.3 Å². The van der Waals surface area contributed by atoms with Crippen LogP contribution in [0.1, 0.15) is 36.7 Å². The Morgan fingerprint density at radius 3 is 2.40 bits per heavy atom. The lowest BCUT2D eigenvalue weighted by Gasteiger charge is -2.23. The van der Waals surface area contributed by atoms with Gasteiger partial charge in [-0.3, -0.25) is 4.79 Å². The zero-order valence-electron chi connectivity index (χ0n) is 15.3. The van der Waals surface area contributed by atoms with Crippen molar-refractivity contribution < 1.29 is 24.0 Å². The van der Waals surface area contributed by atoms with Crippen LogP contribution in [0.25, 0.3) is 0 Å². The maximum Gasteiger partial charge on any atom is 0.338 e. The topological polar surface area (TPSA) is 69.1 Å². The summed E-state index contributed by atoms with van der Waals surface area (Å²) in [5.74, 6) is -0.389. The normalized spacial score (nSPS) is 16.5. The Hall–Kier alpha value is -1.92. The molecule has 2 rings (SSSR count). The molecule has 0 unspecified atom stereocenters. The fourth-order valence-electron chi connectivity index (χ4n) is 2.61. The SMILES string of the molecule is CC(C)CNC(=O)[C@@H](C)OC(=O)c1ccc(C[NH+]2CCOCC2)cc1. The molecule has 6 nitrogen and oxygen atoms in total. The van der Waals surface area contributed by atoms with Gasteiger partial charge in [0.25, 0.3) is 5.91 Å². The fourth-order valence-corrected chi connectivity index (χ4v) is 2.61. The number of rotatable bonds is 7. The molecule has 1 heterocycles. The van der Waals surface area contributed by atoms with Crippen molar-refractivity contribution in [1.82, 2.24) is 5.32 Å². The predicted octanol–water partition coefficient (Wildman–Crippen LogP) is 0.419. The number of esters is 1. The average molecular weight is 349 g/mol. The molecule has 1 aromatic carbocycles. The maximum atomic E-state index is 12.2. The Labute approximate surface area is 149 Å². The molecule has 25 heavy (non-hydrogen) atoms. The maximum absolute atomic E-state index is 12.2. The number of hydrogen-bond acceptors (Lipinski definition) is 4. The Kier molecular flexibility index (Phi) is 7.40. The number of quaternary nitrogens is 1. The quantitative estimate of drug-likeness (QED) is 0.700. The van der Waals surface area contributed by atoms with E-state index in [1.54, 1.807) is 19.1 Å². The standard InChI is InChI=1S/C19H28N2O4/c1-14(2)12-20-18(22)15(3)25-19(23)17-6-4-16(5-7-17)13-21-8-10-24-11-9-21/h4-7,14-15H,8-13H2,1-3H3,(H,20,22)/p+1/t15-/m1/s1. The average Bonchev–Trinajstić information content (AvgIpc) is 2.61. The number of carbonyl (C=O) groups is 2. The first-order valence-corrected chi connectivity index (χ1v) is 8.94. The zero-order chi connectivity index (χ0) is 18.2. The Bertz CT molecular complexity index is 565. The molecule has 1 aliphatic heterocycles. The molecule has 0 bridgehead atoms. The van der Waals surface area contributed by atoms with Crippen molar-refractivity contribution in [1.29, 1.82) is 0 Å². The van der Waals surface area contributed by atoms with Gasteiger partial charge in [-0.05, 0) is 25.0 Å². The monoisotopic (exact) mass is 349 g/mol. The summed E-state index contributed by atoms with van der Waals surface area (Å²) in [6, 6.07) is 7.41. The molecule has 1 fully saturated rings. The third-order valence-electron chi connectivity index (χ3n) is 4.18. The lowest BCUT2D eigenvalue weighted by atomic mass is 10.1. The minimum absolute atomic E-state index is 0.269. The van der Waals surface area contributed by atoms with Crippen molar-refractivity contribution in [3.05, 3.63) is 35.4 Å². The molecular formula is C19H29N2O4+. The van der Waals surface area contributed by atoms with Gasteiger partial charge in [0.1, 0.15) is 19.6 Å². The second-order valence-corrected chi connectivity index (χ2v) is 6.92. The Morgan fingerprint density at radius 2 is 1.80 bits per heavy atom. The van der Waals surface area contributed by atoms with Gasteiger partial charge in [0.2, 0.25) is 0 Å². The van der Waals surface area contributed by atoms with Crippen molar-refractivity contribution in [2.45, 2.75) is 33.4 Å². The van der Waals surface area contributed by atoms with Crippen LogP contribution in [-0.4, -0.2) is 50.8 Å². The molecule has 138 valence electrons. The number of carbonyl (C=O) groups excluding carboxylic acids is 2. The van der Waals surface area contributed by atoms with Crippen LogP contribution in [0.2, 0.25) is 0 Å². The third kappa shape index (κ3) is 6.48. The molecular weight excluding hydrogens is 320 g/mol. The second kappa shape index (κ2) is 9.53. The molecule has 1 saturated heterocycles. The van der Waals surface area contributed by atoms with Crippen molar-refractivity contribution in [2.24, 2.45) is 5.92 Å². The summed E-state index contributed by atoms with van der Waals surface area (Å²) >= 11 is 0. The lowest BCUT2D eigenvalue weighted by molar-refractivity contribution is -0.921. The minimum Gasteiger partial charge on any atom is -0.449 e. The smallest absolute Gasteiger partial charge is 0.338 e. The molecule has 0 radical (unpaired) electrons. The van der Waals surface area contributed by atoms with E-state index in [1.807, 2.05) is 26.0 Å². The summed E-state index contributed by atoms with van der Waals surface area (Å²) in [6.45, 7) is 10.7. The van der Waals surface area contributed by atoms with Crippen molar-refractivity contribution >= 4 is 11.9 Å². The van der Waals surface area contributed by atoms with E-state index in [1.165, 1.54) is 10.5 Å². The van der Waals surface area contributed by atoms with Crippen LogP contribution < -0.4 is 10.2 Å². The van der Waals surface area contributed by atoms with E-state index in [0.29, 0.717) is 18.0 Å². The summed E-state index contributed by atoms with van der Waals surface area (Å²) in [4.78, 5) is 25.5. The summed E-state index contributed by atoms with van der Waals surface area (Å²) in [5.41, 5.74) is 1.64. The van der Waals surface area contributed by atoms with Crippen molar-refractivity contribution in [2.75, 3.05) is 32.8 Å². The molecule has 1 aromatic rings. The van der Waals surface area contributed by atoms with Gasteiger partial charge in [0, 0.05) is 12.1 Å². The molecule has 1 aliphatic rings. The van der Waals surface area contributed by atoms with E-state index in [9.17, 15) is 9.59 Å². The first-order valence-electron chi connectivity index (χ1n) is 8.94. The summed E-state index contributed by atoms with van der Waals surface area (Å²) in [5, 5.41) is 2.76. The highest BCUT2D eigenvalue weighted by Gasteiger charge is 2.19. The van der Waals surface area contributed by atoms with E-state index in [0.717, 1.165) is 32.8 Å². The number of hydrogen-bond donors (Lipinski definition) is 2. The molecule has 0 aromatic heterocycles. The highest BCUT2D eigenvalue weighted by Crippen LogP contribution is 2.07. The fraction of sp³-hybridized carbons (Fsp3) is 0.579. The lowest BCUT2D eigenvalue weighted by Crippen LogP contribution is -3.12. The molecule has 6 heteroatoms. The van der Waals surface area contributed by atoms with Crippen molar-refractivity contribution in [3.8, 4) is 0 Å². The summed E-state index contributed by atoms with van der Waals surface area (Å²) in [6.07, 6.45) is -0.802. The molecule has 0 spiro atoms. The second-order valence-electron chi connectivity index (χ2n) is 6.92. The van der Waals surface area contributed by atoms with Crippen LogP contribution in [0.5, 0.6) is 0 Å². The van der Waals surface area contributed by atoms with Gasteiger partial charge < -0.3 is 19.7 Å². The Morgan fingerprint density at radius 1 is 1.16 bits per heavy atom. The summed E-state index contributed by atoms with van der Waals surface area (Å²) in [7, 11) is 0. The van der Waals surface area contributed by atoms with Gasteiger partial charge in [-0.25, -0.2) is 4.79 Å². The van der Waals surface area contributed by atoms with Gasteiger partial charge in [-0.1, -0.05) is 26.0 Å². The van der Waals surface area contributed by atoms with Crippen LogP contribution in [0, 0.1) is 5.92 Å². The molecule has 1 atom stereocenters. The highest BCUT2D eigenvalue weighted by molar-refractivity contribution is 5.92. The molecule has 2 N–H and O–H groups in total. The number of amides is 1. The zero-order valence-corrected chi connectivity index (χ0v) is 15.3. The van der Waals surface area contributed by atoms with Crippen LogP contribution in [0.4, 0.5) is 0 Å². The van der Waals surface area contributed by atoms with E-state index >= 15 is 0 Å². The number of morpholine rings is 1. The minimum atomic E-state index is -0.802. The largest absolute Gasteiger partial charge is 0.449 e. The first kappa shape index (κ1) is 19.4. The van der Waals surface area contributed by atoms with Gasteiger partial charge >= 0.3 is 5.97 Å². The number of ether oxygens (including phenoxy) is 2. The van der Waals surface area contributed by atoms with E-state index in [-0.39, 0.29) is 5.91 Å². The van der Waals surface area contributed by atoms with Gasteiger partial charge in [-0.2, -0.15) is 0 Å². The number of benzene rings is 1. The van der Waals surface area contributed by atoms with Crippen LogP contribution in [-0.2, 0) is 20.8 Å². The number of nitrogens with one attached hydrogen (secondary N) is 2. The molecule has 1 amide bonds. The predicted molar refractivity (Wildman–Crippen MR) is 94.4 cm³/mol. The summed E-state index contributed by atoms with van der Waals surface area (Å²) < 4.78 is 10.6. The van der Waals surface area contributed by atoms with Crippen LogP contribution in [0.3, 0.4) is 0 Å². The molecule has 0 aliphatic carbocycles. The van der Waals surface area contributed by atoms with Gasteiger partial charge in [0.05, 0.1) is 18.8 Å². The van der Waals surface area contributed by atoms with E-state index in [2.05, 4.69) is 5.32 Å². The van der Waals surface area contributed by atoms with E-state index in [4.69, 9.17) is 9.47 Å². The van der Waals surface area contributed by atoms with Crippen LogP contribution >= 0.6 is 0 Å². The van der Waals surface area contributed by atoms with Gasteiger partial charge in [0.15, 0.2) is 6.10 Å². The van der Waals surface area contributed by atoms with Gasteiger partial charge in [-0.15, -0.1) is 0 Å². The van der Waals surface area contributed by atoms with Crippen molar-refractivity contribution in [3.63, 3.8) is 0 Å². The highest BCUT2D eigenvalue weighted by atomic mass is 16.5. The van der Waals surface area contributed by atoms with E-state index < -0.39 is 12.1 Å². The molecule has 0 saturated carbocycles. The Balaban J connectivity index is 1.83.